The fraction of sp³-hybridized carbons (Fsp3) is 0.182. The molecule has 31 heavy (non-hydrogen) atoms. The SMILES string of the molecule is N#CCCN1C(=O)c2ccc(-c3ccc4c(c3)C(=O)N(CCC(=O)O)C4=O)cc2C1=O. The molecule has 0 unspecified atom stereocenters. The molecule has 0 saturated carbocycles. The third kappa shape index (κ3) is 3.24. The molecule has 0 bridgehead atoms. The van der Waals surface area contributed by atoms with E-state index >= 15 is 0 Å². The van der Waals surface area contributed by atoms with E-state index in [1.54, 1.807) is 18.2 Å². The Hall–Kier alpha value is -4.32. The average Bonchev–Trinajstić information content (AvgIpc) is 3.14. The molecule has 2 aromatic carbocycles. The van der Waals surface area contributed by atoms with E-state index < -0.39 is 29.6 Å². The zero-order chi connectivity index (χ0) is 22.3. The second-order valence-electron chi connectivity index (χ2n) is 7.10. The smallest absolute Gasteiger partial charge is 0.305 e. The number of carboxylic acid groups (broad SMARTS) is 1. The van der Waals surface area contributed by atoms with Gasteiger partial charge in [0.15, 0.2) is 0 Å². The summed E-state index contributed by atoms with van der Waals surface area (Å²) >= 11 is 0. The van der Waals surface area contributed by atoms with Crippen LogP contribution in [0, 0.1) is 11.3 Å². The van der Waals surface area contributed by atoms with Crippen LogP contribution in [0.2, 0.25) is 0 Å². The quantitative estimate of drug-likeness (QED) is 0.709. The predicted molar refractivity (Wildman–Crippen MR) is 105 cm³/mol. The summed E-state index contributed by atoms with van der Waals surface area (Å²) in [5.41, 5.74) is 1.96. The highest BCUT2D eigenvalue weighted by Crippen LogP contribution is 2.32. The second-order valence-corrected chi connectivity index (χ2v) is 7.10. The highest BCUT2D eigenvalue weighted by molar-refractivity contribution is 6.23. The van der Waals surface area contributed by atoms with Crippen molar-refractivity contribution < 1.29 is 29.1 Å². The standard InChI is InChI=1S/C22H15N3O6/c23-7-1-8-24-19(28)14-4-2-12(10-16(14)21(24)30)13-3-5-15-17(11-13)22(31)25(20(15)29)9-6-18(26)27/h2-5,10-11H,1,6,8-9H2,(H,26,27). The van der Waals surface area contributed by atoms with Gasteiger partial charge in [0, 0.05) is 13.1 Å². The Morgan fingerprint density at radius 1 is 0.774 bits per heavy atom. The Balaban J connectivity index is 1.65. The molecule has 0 fully saturated rings. The van der Waals surface area contributed by atoms with Crippen LogP contribution in [-0.4, -0.2) is 57.6 Å². The number of imide groups is 2. The monoisotopic (exact) mass is 417 g/mol. The Kier molecular flexibility index (Phi) is 4.83. The van der Waals surface area contributed by atoms with Gasteiger partial charge in [-0.1, -0.05) is 12.1 Å². The molecule has 0 atom stereocenters. The predicted octanol–water partition coefficient (Wildman–Crippen LogP) is 1.93. The number of nitriles is 1. The van der Waals surface area contributed by atoms with Crippen molar-refractivity contribution in [1.29, 1.82) is 5.26 Å². The van der Waals surface area contributed by atoms with Crippen molar-refractivity contribution in [2.75, 3.05) is 13.1 Å². The molecule has 154 valence electrons. The molecule has 0 aliphatic carbocycles. The summed E-state index contributed by atoms with van der Waals surface area (Å²) in [7, 11) is 0. The summed E-state index contributed by atoms with van der Waals surface area (Å²) in [6.45, 7) is -0.204. The van der Waals surface area contributed by atoms with Gasteiger partial charge in [0.05, 0.1) is 41.2 Å². The van der Waals surface area contributed by atoms with Gasteiger partial charge in [-0.15, -0.1) is 0 Å². The molecule has 4 amide bonds. The Labute approximate surface area is 176 Å². The minimum absolute atomic E-state index is 0.0137. The number of hydrogen-bond acceptors (Lipinski definition) is 6. The van der Waals surface area contributed by atoms with Gasteiger partial charge in [-0.2, -0.15) is 5.26 Å². The summed E-state index contributed by atoms with van der Waals surface area (Å²) < 4.78 is 0. The summed E-state index contributed by atoms with van der Waals surface area (Å²) in [4.78, 5) is 62.7. The highest BCUT2D eigenvalue weighted by Gasteiger charge is 2.37. The number of benzene rings is 2. The molecule has 1 N–H and O–H groups in total. The van der Waals surface area contributed by atoms with Crippen LogP contribution in [-0.2, 0) is 4.79 Å². The molecule has 2 aliphatic heterocycles. The zero-order valence-corrected chi connectivity index (χ0v) is 16.1. The van der Waals surface area contributed by atoms with Crippen molar-refractivity contribution in [2.24, 2.45) is 0 Å². The lowest BCUT2D eigenvalue weighted by Gasteiger charge is -2.11. The molecular formula is C22H15N3O6. The second kappa shape index (κ2) is 7.50. The largest absolute Gasteiger partial charge is 0.481 e. The van der Waals surface area contributed by atoms with E-state index in [9.17, 15) is 24.0 Å². The lowest BCUT2D eigenvalue weighted by Crippen LogP contribution is -2.31. The first-order valence-corrected chi connectivity index (χ1v) is 9.43. The van der Waals surface area contributed by atoms with Crippen molar-refractivity contribution in [2.45, 2.75) is 12.8 Å². The fourth-order valence-corrected chi connectivity index (χ4v) is 3.72. The fourth-order valence-electron chi connectivity index (χ4n) is 3.72. The lowest BCUT2D eigenvalue weighted by molar-refractivity contribution is -0.137. The molecule has 0 aromatic heterocycles. The van der Waals surface area contributed by atoms with Gasteiger partial charge in [0.1, 0.15) is 0 Å². The first-order chi connectivity index (χ1) is 14.8. The third-order valence-corrected chi connectivity index (χ3v) is 5.27. The summed E-state index contributed by atoms with van der Waals surface area (Å²) in [6, 6.07) is 11.3. The van der Waals surface area contributed by atoms with Crippen molar-refractivity contribution in [1.82, 2.24) is 9.80 Å². The maximum Gasteiger partial charge on any atom is 0.305 e. The van der Waals surface area contributed by atoms with Crippen LogP contribution in [0.15, 0.2) is 36.4 Å². The number of fused-ring (bicyclic) bond motifs is 2. The van der Waals surface area contributed by atoms with E-state index in [1.165, 1.54) is 18.2 Å². The van der Waals surface area contributed by atoms with Gasteiger partial charge < -0.3 is 5.11 Å². The molecule has 2 aromatic rings. The molecule has 0 spiro atoms. The molecule has 0 saturated heterocycles. The topological polar surface area (TPSA) is 136 Å². The lowest BCUT2D eigenvalue weighted by atomic mass is 9.97. The van der Waals surface area contributed by atoms with Gasteiger partial charge in [-0.3, -0.25) is 33.8 Å². The summed E-state index contributed by atoms with van der Waals surface area (Å²) in [6.07, 6.45) is -0.306. The van der Waals surface area contributed by atoms with Crippen LogP contribution in [0.1, 0.15) is 54.3 Å². The maximum atomic E-state index is 12.6. The normalized spacial score (nSPS) is 14.7. The molecule has 9 nitrogen and oxygen atoms in total. The average molecular weight is 417 g/mol. The first-order valence-electron chi connectivity index (χ1n) is 9.43. The zero-order valence-electron chi connectivity index (χ0n) is 16.1. The Morgan fingerprint density at radius 3 is 1.68 bits per heavy atom. The van der Waals surface area contributed by atoms with Crippen LogP contribution in [0.4, 0.5) is 0 Å². The molecular weight excluding hydrogens is 402 g/mol. The molecule has 4 rings (SSSR count). The minimum Gasteiger partial charge on any atom is -0.481 e. The molecule has 0 radical (unpaired) electrons. The van der Waals surface area contributed by atoms with Crippen LogP contribution < -0.4 is 0 Å². The number of nitrogens with zero attached hydrogens (tertiary/aromatic N) is 3. The van der Waals surface area contributed by atoms with Crippen LogP contribution >= 0.6 is 0 Å². The molecule has 2 aliphatic rings. The van der Waals surface area contributed by atoms with E-state index in [0.717, 1.165) is 9.80 Å². The van der Waals surface area contributed by atoms with E-state index in [2.05, 4.69) is 0 Å². The van der Waals surface area contributed by atoms with E-state index in [4.69, 9.17) is 10.4 Å². The number of rotatable bonds is 6. The Bertz CT molecular complexity index is 1230. The number of carbonyl (C=O) groups excluding carboxylic acids is 4. The Morgan fingerprint density at radius 2 is 1.23 bits per heavy atom. The van der Waals surface area contributed by atoms with Gasteiger partial charge in [0.2, 0.25) is 0 Å². The number of carbonyl (C=O) groups is 5. The van der Waals surface area contributed by atoms with Crippen molar-refractivity contribution in [3.63, 3.8) is 0 Å². The van der Waals surface area contributed by atoms with Crippen molar-refractivity contribution >= 4 is 29.6 Å². The number of amides is 4. The minimum atomic E-state index is -1.11. The van der Waals surface area contributed by atoms with Gasteiger partial charge in [0.25, 0.3) is 23.6 Å². The number of carboxylic acids is 1. The number of hydrogen-bond donors (Lipinski definition) is 1. The van der Waals surface area contributed by atoms with E-state index in [-0.39, 0.29) is 48.2 Å². The van der Waals surface area contributed by atoms with E-state index in [1.807, 2.05) is 6.07 Å². The van der Waals surface area contributed by atoms with Crippen LogP contribution in [0.25, 0.3) is 11.1 Å². The highest BCUT2D eigenvalue weighted by atomic mass is 16.4. The van der Waals surface area contributed by atoms with Gasteiger partial charge in [-0.25, -0.2) is 0 Å². The number of aliphatic carboxylic acids is 1. The van der Waals surface area contributed by atoms with Crippen molar-refractivity contribution in [3.05, 3.63) is 58.7 Å². The summed E-state index contributed by atoms with van der Waals surface area (Å²) in [5, 5.41) is 17.5. The molecule has 9 heteroatoms. The van der Waals surface area contributed by atoms with Crippen molar-refractivity contribution in [3.8, 4) is 17.2 Å². The first kappa shape index (κ1) is 20.0. The van der Waals surface area contributed by atoms with Crippen LogP contribution in [0.3, 0.4) is 0 Å². The van der Waals surface area contributed by atoms with Crippen LogP contribution in [0.5, 0.6) is 0 Å². The third-order valence-electron chi connectivity index (χ3n) is 5.27. The summed E-state index contributed by atoms with van der Waals surface area (Å²) in [5.74, 6) is -3.16. The van der Waals surface area contributed by atoms with Gasteiger partial charge >= 0.3 is 5.97 Å². The molecule has 2 heterocycles. The maximum absolute atomic E-state index is 12.6. The van der Waals surface area contributed by atoms with Gasteiger partial charge in [-0.05, 0) is 35.4 Å². The van der Waals surface area contributed by atoms with E-state index in [0.29, 0.717) is 11.1 Å².